The topological polar surface area (TPSA) is 56.6 Å². The number of nitriles is 1. The normalized spacial score (nSPS) is 21.8. The number of para-hydroxylation sites is 1. The molecule has 2 heterocycles. The molecule has 29 heavy (non-hydrogen) atoms. The number of rotatable bonds is 6. The summed E-state index contributed by atoms with van der Waals surface area (Å²) in [7, 11) is 0. The third-order valence-corrected chi connectivity index (χ3v) is 5.81. The van der Waals surface area contributed by atoms with Gasteiger partial charge in [0.25, 0.3) is 0 Å². The molecule has 2 aromatic rings. The molecule has 0 bridgehead atoms. The van der Waals surface area contributed by atoms with Crippen LogP contribution in [0.2, 0.25) is 0 Å². The van der Waals surface area contributed by atoms with Crippen molar-refractivity contribution in [2.45, 2.75) is 37.8 Å². The van der Waals surface area contributed by atoms with E-state index >= 15 is 0 Å². The Hall–Kier alpha value is -2.84. The smallest absolute Gasteiger partial charge is 0.237 e. The second-order valence-corrected chi connectivity index (χ2v) is 7.91. The van der Waals surface area contributed by atoms with Gasteiger partial charge in [-0.2, -0.15) is 5.26 Å². The van der Waals surface area contributed by atoms with Crippen LogP contribution in [0.5, 0.6) is 5.75 Å². The van der Waals surface area contributed by atoms with Crippen molar-refractivity contribution in [3.05, 3.63) is 65.7 Å². The molecule has 0 aliphatic carbocycles. The minimum atomic E-state index is -0.248. The quantitative estimate of drug-likeness (QED) is 0.761. The fraction of sp³-hybridized carbons (Fsp3) is 0.417. The van der Waals surface area contributed by atoms with Gasteiger partial charge in [0.1, 0.15) is 17.9 Å². The van der Waals surface area contributed by atoms with E-state index in [2.05, 4.69) is 41.3 Å². The fourth-order valence-electron chi connectivity index (χ4n) is 4.28. The number of ether oxygens (including phenoxy) is 1. The lowest BCUT2D eigenvalue weighted by Gasteiger charge is -2.23. The first-order chi connectivity index (χ1) is 14.2. The van der Waals surface area contributed by atoms with Gasteiger partial charge in [0, 0.05) is 26.1 Å². The van der Waals surface area contributed by atoms with Crippen molar-refractivity contribution in [1.29, 1.82) is 5.26 Å². The van der Waals surface area contributed by atoms with E-state index in [1.807, 2.05) is 24.3 Å². The summed E-state index contributed by atoms with van der Waals surface area (Å²) in [6.07, 6.45) is 3.57. The summed E-state index contributed by atoms with van der Waals surface area (Å²) < 4.78 is 6.34. The van der Waals surface area contributed by atoms with Crippen LogP contribution in [0.1, 0.15) is 30.4 Å². The molecule has 0 radical (unpaired) electrons. The summed E-state index contributed by atoms with van der Waals surface area (Å²) in [5.74, 6) is 0.998. The van der Waals surface area contributed by atoms with Gasteiger partial charge in [0.15, 0.2) is 0 Å². The summed E-state index contributed by atoms with van der Waals surface area (Å²) >= 11 is 0. The number of nitrogens with zero attached hydrogens (tertiary/aromatic N) is 3. The van der Waals surface area contributed by atoms with E-state index in [-0.39, 0.29) is 18.1 Å². The highest BCUT2D eigenvalue weighted by atomic mass is 16.5. The molecule has 0 saturated carbocycles. The number of carbonyl (C=O) groups is 1. The third-order valence-electron chi connectivity index (χ3n) is 5.81. The molecule has 2 saturated heterocycles. The summed E-state index contributed by atoms with van der Waals surface area (Å²) in [5, 5.41) is 9.21. The van der Waals surface area contributed by atoms with E-state index in [1.54, 1.807) is 4.90 Å². The molecule has 5 heteroatoms. The maximum Gasteiger partial charge on any atom is 0.237 e. The SMILES string of the molecule is N#C[C@@H]1CCCN1C(=O)CN1CC[C@H](Oc2ccccc2Cc2ccccc2)C1. The van der Waals surface area contributed by atoms with Crippen LogP contribution in [0.15, 0.2) is 54.6 Å². The monoisotopic (exact) mass is 389 g/mol. The van der Waals surface area contributed by atoms with Crippen LogP contribution in [0, 0.1) is 11.3 Å². The van der Waals surface area contributed by atoms with Gasteiger partial charge in [-0.25, -0.2) is 0 Å². The molecule has 2 atom stereocenters. The molecule has 1 amide bonds. The molecule has 0 N–H and O–H groups in total. The Bertz CT molecular complexity index is 877. The van der Waals surface area contributed by atoms with Gasteiger partial charge in [0.2, 0.25) is 5.91 Å². The van der Waals surface area contributed by atoms with Gasteiger partial charge in [0.05, 0.1) is 12.6 Å². The van der Waals surface area contributed by atoms with Crippen molar-refractivity contribution in [3.8, 4) is 11.8 Å². The predicted octanol–water partition coefficient (Wildman–Crippen LogP) is 3.25. The molecule has 0 unspecified atom stereocenters. The van der Waals surface area contributed by atoms with Gasteiger partial charge < -0.3 is 9.64 Å². The Morgan fingerprint density at radius 3 is 2.69 bits per heavy atom. The van der Waals surface area contributed by atoms with Gasteiger partial charge >= 0.3 is 0 Å². The molecule has 2 aromatic carbocycles. The van der Waals surface area contributed by atoms with Gasteiger partial charge in [-0.1, -0.05) is 48.5 Å². The standard InChI is InChI=1S/C24H27N3O2/c25-16-21-10-6-13-27(21)24(28)18-26-14-12-22(17-26)29-23-11-5-4-9-20(23)15-19-7-2-1-3-8-19/h1-5,7-9,11,21-22H,6,10,12-15,17-18H2/t21-,22-/m0/s1. The Labute approximate surface area is 172 Å². The highest BCUT2D eigenvalue weighted by Gasteiger charge is 2.32. The van der Waals surface area contributed by atoms with Crippen LogP contribution < -0.4 is 4.74 Å². The number of carbonyl (C=O) groups excluding carboxylic acids is 1. The molecule has 2 aliphatic heterocycles. The second-order valence-electron chi connectivity index (χ2n) is 7.91. The largest absolute Gasteiger partial charge is 0.489 e. The Balaban J connectivity index is 1.34. The average molecular weight is 389 g/mol. The zero-order valence-corrected chi connectivity index (χ0v) is 16.7. The first-order valence-electron chi connectivity index (χ1n) is 10.4. The molecule has 0 spiro atoms. The molecule has 2 aliphatic rings. The van der Waals surface area contributed by atoms with Gasteiger partial charge in [-0.15, -0.1) is 0 Å². The lowest BCUT2D eigenvalue weighted by Crippen LogP contribution is -2.42. The molecule has 2 fully saturated rings. The van der Waals surface area contributed by atoms with Gasteiger partial charge in [-0.3, -0.25) is 9.69 Å². The number of amides is 1. The number of hydrogen-bond acceptors (Lipinski definition) is 4. The summed E-state index contributed by atoms with van der Waals surface area (Å²) in [6, 6.07) is 20.6. The Morgan fingerprint density at radius 1 is 1.07 bits per heavy atom. The Kier molecular flexibility index (Phi) is 6.12. The first kappa shape index (κ1) is 19.5. The minimum absolute atomic E-state index is 0.0687. The highest BCUT2D eigenvalue weighted by molar-refractivity contribution is 5.79. The number of benzene rings is 2. The van der Waals surface area contributed by atoms with Crippen LogP contribution in [0.3, 0.4) is 0 Å². The van der Waals surface area contributed by atoms with Crippen molar-refractivity contribution >= 4 is 5.91 Å². The van der Waals surface area contributed by atoms with E-state index in [0.717, 1.165) is 44.5 Å². The van der Waals surface area contributed by atoms with Crippen LogP contribution >= 0.6 is 0 Å². The van der Waals surface area contributed by atoms with Gasteiger partial charge in [-0.05, 0) is 36.5 Å². The summed E-state index contributed by atoms with van der Waals surface area (Å²) in [5.41, 5.74) is 2.45. The molecule has 150 valence electrons. The Morgan fingerprint density at radius 2 is 1.86 bits per heavy atom. The maximum absolute atomic E-state index is 12.6. The lowest BCUT2D eigenvalue weighted by atomic mass is 10.0. The predicted molar refractivity (Wildman–Crippen MR) is 112 cm³/mol. The second kappa shape index (κ2) is 9.11. The molecule has 4 rings (SSSR count). The lowest BCUT2D eigenvalue weighted by molar-refractivity contribution is -0.132. The molecule has 5 nitrogen and oxygen atoms in total. The zero-order valence-electron chi connectivity index (χ0n) is 16.7. The van der Waals surface area contributed by atoms with Crippen LogP contribution in [0.25, 0.3) is 0 Å². The summed E-state index contributed by atoms with van der Waals surface area (Å²) in [4.78, 5) is 16.5. The van der Waals surface area contributed by atoms with E-state index in [1.165, 1.54) is 11.1 Å². The van der Waals surface area contributed by atoms with Crippen molar-refractivity contribution in [1.82, 2.24) is 9.80 Å². The fourth-order valence-corrected chi connectivity index (χ4v) is 4.28. The zero-order chi connectivity index (χ0) is 20.1. The van der Waals surface area contributed by atoms with Crippen molar-refractivity contribution in [3.63, 3.8) is 0 Å². The summed E-state index contributed by atoms with van der Waals surface area (Å²) in [6.45, 7) is 2.68. The van der Waals surface area contributed by atoms with E-state index in [0.29, 0.717) is 13.1 Å². The van der Waals surface area contributed by atoms with Crippen LogP contribution in [0.4, 0.5) is 0 Å². The van der Waals surface area contributed by atoms with Crippen molar-refractivity contribution < 1.29 is 9.53 Å². The molecular weight excluding hydrogens is 362 g/mol. The number of hydrogen-bond donors (Lipinski definition) is 0. The highest BCUT2D eigenvalue weighted by Crippen LogP contribution is 2.25. The van der Waals surface area contributed by atoms with E-state index in [4.69, 9.17) is 4.74 Å². The molecule has 0 aromatic heterocycles. The van der Waals surface area contributed by atoms with Crippen LogP contribution in [-0.2, 0) is 11.2 Å². The van der Waals surface area contributed by atoms with Crippen molar-refractivity contribution in [2.24, 2.45) is 0 Å². The minimum Gasteiger partial charge on any atom is -0.489 e. The maximum atomic E-state index is 12.6. The third kappa shape index (κ3) is 4.78. The van der Waals surface area contributed by atoms with Crippen molar-refractivity contribution in [2.75, 3.05) is 26.2 Å². The van der Waals surface area contributed by atoms with Crippen LogP contribution in [-0.4, -0.2) is 54.0 Å². The van der Waals surface area contributed by atoms with E-state index in [9.17, 15) is 10.1 Å². The number of likely N-dealkylation sites (tertiary alicyclic amines) is 2. The van der Waals surface area contributed by atoms with E-state index < -0.39 is 0 Å². The average Bonchev–Trinajstić information content (AvgIpc) is 3.39. The molecular formula is C24H27N3O2. The first-order valence-corrected chi connectivity index (χ1v) is 10.4.